The lowest BCUT2D eigenvalue weighted by molar-refractivity contribution is 0.0313. The number of nitrogens with one attached hydrogen (secondary N) is 4. The highest BCUT2D eigenvalue weighted by molar-refractivity contribution is 5.96. The summed E-state index contributed by atoms with van der Waals surface area (Å²) in [4.78, 5) is 28.8. The van der Waals surface area contributed by atoms with Crippen LogP contribution in [0.2, 0.25) is 0 Å². The molecular formula is C38H36N4O6. The maximum Gasteiger partial charge on any atom is 0.339 e. The lowest BCUT2D eigenvalue weighted by atomic mass is 9.85. The number of esters is 2. The number of carbonyl (C=O) groups is 2. The van der Waals surface area contributed by atoms with Crippen molar-refractivity contribution < 1.29 is 29.3 Å². The number of phenols is 2. The summed E-state index contributed by atoms with van der Waals surface area (Å²) in [6.45, 7) is 2.88. The van der Waals surface area contributed by atoms with E-state index < -0.39 is 12.2 Å². The first-order valence-corrected chi connectivity index (χ1v) is 16.4. The van der Waals surface area contributed by atoms with Crippen molar-refractivity contribution >= 4 is 28.5 Å². The number of ether oxygens (including phenoxy) is 2. The molecular weight excluding hydrogens is 608 g/mol. The first-order chi connectivity index (χ1) is 23.5. The molecule has 4 heterocycles. The molecule has 0 fully saturated rings. The number of aromatic amines is 1. The van der Waals surface area contributed by atoms with Crippen molar-refractivity contribution in [1.29, 1.82) is 0 Å². The predicted octanol–water partition coefficient (Wildman–Crippen LogP) is 5.79. The Labute approximate surface area is 277 Å². The largest absolute Gasteiger partial charge is 0.508 e. The average Bonchev–Trinajstić information content (AvgIpc) is 3.82. The van der Waals surface area contributed by atoms with E-state index in [1.807, 2.05) is 42.5 Å². The van der Waals surface area contributed by atoms with Crippen LogP contribution < -0.4 is 16.0 Å². The molecule has 0 amide bonds. The van der Waals surface area contributed by atoms with Gasteiger partial charge in [-0.05, 0) is 80.0 Å². The average molecular weight is 645 g/mol. The van der Waals surface area contributed by atoms with E-state index in [0.717, 1.165) is 64.9 Å². The number of unbranched alkanes of at least 4 members (excludes halogenated alkanes) is 1. The quantitative estimate of drug-likeness (QED) is 0.0778. The van der Waals surface area contributed by atoms with Crippen LogP contribution in [0.5, 0.6) is 11.5 Å². The topological polar surface area (TPSA) is 145 Å². The van der Waals surface area contributed by atoms with E-state index in [0.29, 0.717) is 29.8 Å². The fourth-order valence-electron chi connectivity index (χ4n) is 7.49. The SMILES string of the molecule is O=C1OC(c2c(CNCCCCNCC3Nc4ccccc4C3C3OC(=O)c4ccc(O)cc43)[nH]c3ccccc23)c2cc(O)ccc21. The molecule has 0 saturated carbocycles. The summed E-state index contributed by atoms with van der Waals surface area (Å²) >= 11 is 0. The van der Waals surface area contributed by atoms with E-state index in [1.165, 1.54) is 12.1 Å². The highest BCUT2D eigenvalue weighted by atomic mass is 16.6. The van der Waals surface area contributed by atoms with E-state index in [-0.39, 0.29) is 35.4 Å². The minimum Gasteiger partial charge on any atom is -0.508 e. The van der Waals surface area contributed by atoms with Crippen molar-refractivity contribution in [3.8, 4) is 11.5 Å². The molecule has 4 aromatic carbocycles. The van der Waals surface area contributed by atoms with Gasteiger partial charge in [0, 0.05) is 64.0 Å². The number of cyclic esters (lactones) is 2. The van der Waals surface area contributed by atoms with Gasteiger partial charge < -0.3 is 40.6 Å². The highest BCUT2D eigenvalue weighted by Crippen LogP contribution is 2.49. The van der Waals surface area contributed by atoms with Crippen LogP contribution in [0.3, 0.4) is 0 Å². The van der Waals surface area contributed by atoms with Gasteiger partial charge >= 0.3 is 11.9 Å². The summed E-state index contributed by atoms with van der Waals surface area (Å²) in [5.74, 6) is -0.619. The third-order valence-corrected chi connectivity index (χ3v) is 9.69. The van der Waals surface area contributed by atoms with Crippen LogP contribution in [0.4, 0.5) is 5.69 Å². The van der Waals surface area contributed by atoms with Gasteiger partial charge in [0.15, 0.2) is 6.10 Å². The monoisotopic (exact) mass is 644 g/mol. The van der Waals surface area contributed by atoms with E-state index in [4.69, 9.17) is 9.47 Å². The Morgan fingerprint density at radius 1 is 0.729 bits per heavy atom. The Balaban J connectivity index is 0.873. The Kier molecular flexibility index (Phi) is 7.74. The Morgan fingerprint density at radius 3 is 2.25 bits per heavy atom. The van der Waals surface area contributed by atoms with Crippen LogP contribution in [0, 0.1) is 0 Å². The second kappa shape index (κ2) is 12.4. The standard InChI is InChI=1S/C38H36N4O6/c43-21-11-13-23-27(17-21)35(47-37(23)45)33-25-7-1-3-9-29(25)41-31(33)19-39-15-5-6-16-40-20-32-34(26-8-2-4-10-30(26)42-32)36-28-18-22(44)12-14-24(28)38(46)48-36/h1-4,7-14,17-18,31,33,35-36,39-44H,5-6,15-16,19-20H2. The van der Waals surface area contributed by atoms with Gasteiger partial charge in [0.05, 0.1) is 11.1 Å². The smallest absolute Gasteiger partial charge is 0.339 e. The second-order valence-electron chi connectivity index (χ2n) is 12.7. The number of carbonyl (C=O) groups excluding carboxylic acids is 2. The maximum absolute atomic E-state index is 12.7. The lowest BCUT2D eigenvalue weighted by Gasteiger charge is -2.26. The molecule has 0 aliphatic carbocycles. The fraction of sp³-hybridized carbons (Fsp3) is 0.263. The number of fused-ring (bicyclic) bond motifs is 4. The van der Waals surface area contributed by atoms with Crippen molar-refractivity contribution in [3.63, 3.8) is 0 Å². The normalized spacial score (nSPS) is 20.7. The maximum atomic E-state index is 12.7. The summed E-state index contributed by atoms with van der Waals surface area (Å²) in [7, 11) is 0. The van der Waals surface area contributed by atoms with Crippen LogP contribution in [-0.2, 0) is 16.0 Å². The summed E-state index contributed by atoms with van der Waals surface area (Å²) < 4.78 is 11.7. The molecule has 4 atom stereocenters. The van der Waals surface area contributed by atoms with Crippen LogP contribution in [0.25, 0.3) is 10.9 Å². The van der Waals surface area contributed by atoms with Crippen LogP contribution in [-0.4, -0.2) is 52.8 Å². The number of H-pyrrole nitrogens is 1. The molecule has 6 N–H and O–H groups in total. The van der Waals surface area contributed by atoms with Gasteiger partial charge in [0.2, 0.25) is 0 Å². The highest BCUT2D eigenvalue weighted by Gasteiger charge is 2.45. The molecule has 0 bridgehead atoms. The Morgan fingerprint density at radius 2 is 1.42 bits per heavy atom. The summed E-state index contributed by atoms with van der Waals surface area (Å²) in [5, 5.41) is 32.1. The number of para-hydroxylation sites is 2. The number of aromatic hydroxyl groups is 2. The predicted molar refractivity (Wildman–Crippen MR) is 180 cm³/mol. The summed E-state index contributed by atoms with van der Waals surface area (Å²) in [6.07, 6.45) is 0.835. The van der Waals surface area contributed by atoms with E-state index in [9.17, 15) is 19.8 Å². The van der Waals surface area contributed by atoms with Crippen molar-refractivity contribution in [2.75, 3.05) is 25.0 Å². The van der Waals surface area contributed by atoms with Crippen molar-refractivity contribution in [3.05, 3.63) is 124 Å². The molecule has 4 unspecified atom stereocenters. The molecule has 10 nitrogen and oxygen atoms in total. The number of phenolic OH excluding ortho intramolecular Hbond substituents is 2. The lowest BCUT2D eigenvalue weighted by Crippen LogP contribution is -2.36. The molecule has 3 aliphatic heterocycles. The van der Waals surface area contributed by atoms with Gasteiger partial charge in [-0.1, -0.05) is 36.4 Å². The van der Waals surface area contributed by atoms with E-state index >= 15 is 0 Å². The summed E-state index contributed by atoms with van der Waals surface area (Å²) in [5.41, 5.74) is 7.34. The molecule has 48 heavy (non-hydrogen) atoms. The van der Waals surface area contributed by atoms with Crippen LogP contribution in [0.15, 0.2) is 84.9 Å². The number of benzene rings is 4. The van der Waals surface area contributed by atoms with Gasteiger partial charge in [0.25, 0.3) is 0 Å². The molecule has 0 saturated heterocycles. The molecule has 10 heteroatoms. The molecule has 244 valence electrons. The van der Waals surface area contributed by atoms with Crippen molar-refractivity contribution in [2.24, 2.45) is 0 Å². The third kappa shape index (κ3) is 5.32. The molecule has 0 radical (unpaired) electrons. The first-order valence-electron chi connectivity index (χ1n) is 16.4. The number of hydrogen-bond donors (Lipinski definition) is 6. The van der Waals surface area contributed by atoms with E-state index in [1.54, 1.807) is 24.3 Å². The van der Waals surface area contributed by atoms with Gasteiger partial charge in [-0.2, -0.15) is 0 Å². The summed E-state index contributed by atoms with van der Waals surface area (Å²) in [6, 6.07) is 25.6. The van der Waals surface area contributed by atoms with Crippen LogP contribution in [0.1, 0.15) is 79.6 Å². The molecule has 1 aromatic heterocycles. The number of hydrogen-bond acceptors (Lipinski definition) is 9. The van der Waals surface area contributed by atoms with Gasteiger partial charge in [-0.15, -0.1) is 0 Å². The zero-order valence-electron chi connectivity index (χ0n) is 26.2. The third-order valence-electron chi connectivity index (χ3n) is 9.69. The molecule has 0 spiro atoms. The van der Waals surface area contributed by atoms with E-state index in [2.05, 4.69) is 27.0 Å². The van der Waals surface area contributed by atoms with Gasteiger partial charge in [-0.3, -0.25) is 0 Å². The molecule has 5 aromatic rings. The first kappa shape index (κ1) is 30.0. The molecule has 3 aliphatic rings. The minimum absolute atomic E-state index is 0.00351. The zero-order valence-corrected chi connectivity index (χ0v) is 26.2. The number of rotatable bonds is 11. The zero-order chi connectivity index (χ0) is 32.8. The van der Waals surface area contributed by atoms with Gasteiger partial charge in [-0.25, -0.2) is 9.59 Å². The van der Waals surface area contributed by atoms with Crippen molar-refractivity contribution in [2.45, 2.75) is 43.6 Å². The number of aromatic nitrogens is 1. The second-order valence-corrected chi connectivity index (χ2v) is 12.7. The minimum atomic E-state index is -0.595. The fourth-order valence-corrected chi connectivity index (χ4v) is 7.49. The molecule has 8 rings (SSSR count). The number of anilines is 1. The van der Waals surface area contributed by atoms with Gasteiger partial charge in [0.1, 0.15) is 17.6 Å². The van der Waals surface area contributed by atoms with Crippen LogP contribution >= 0.6 is 0 Å². The Bertz CT molecular complexity index is 2040. The Hall–Kier alpha value is -5.32. The van der Waals surface area contributed by atoms with Crippen molar-refractivity contribution in [1.82, 2.24) is 15.6 Å².